The lowest BCUT2D eigenvalue weighted by Gasteiger charge is -2.34. The molecule has 17 heavy (non-hydrogen) atoms. The Kier molecular flexibility index (Phi) is 3.92. The lowest BCUT2D eigenvalue weighted by atomic mass is 9.91. The molecule has 1 aliphatic rings. The first-order valence-electron chi connectivity index (χ1n) is 6.32. The molecule has 0 radical (unpaired) electrons. The summed E-state index contributed by atoms with van der Waals surface area (Å²) in [7, 11) is 0. The quantitative estimate of drug-likeness (QED) is 0.865. The van der Waals surface area contributed by atoms with Crippen LogP contribution in [-0.4, -0.2) is 23.8 Å². The van der Waals surface area contributed by atoms with E-state index in [1.165, 1.54) is 0 Å². The maximum atomic E-state index is 12.1. The first kappa shape index (κ1) is 12.3. The van der Waals surface area contributed by atoms with Crippen LogP contribution in [-0.2, 0) is 11.3 Å². The smallest absolute Gasteiger partial charge is 0.154 e. The van der Waals surface area contributed by atoms with Gasteiger partial charge in [-0.25, -0.2) is 0 Å². The van der Waals surface area contributed by atoms with Crippen LogP contribution in [0.3, 0.4) is 0 Å². The number of benzene rings is 1. The number of piperidine rings is 1. The van der Waals surface area contributed by atoms with E-state index < -0.39 is 0 Å². The van der Waals surface area contributed by atoms with Crippen molar-refractivity contribution in [3.05, 3.63) is 35.4 Å². The van der Waals surface area contributed by atoms with E-state index in [0.29, 0.717) is 18.7 Å². The minimum absolute atomic E-state index is 0.0755. The van der Waals surface area contributed by atoms with E-state index in [-0.39, 0.29) is 6.04 Å². The number of nitrogens with zero attached hydrogens (tertiary/aromatic N) is 1. The third-order valence-corrected chi connectivity index (χ3v) is 3.51. The Balaban J connectivity index is 2.37. The third-order valence-electron chi connectivity index (χ3n) is 3.51. The van der Waals surface area contributed by atoms with Gasteiger partial charge in [0, 0.05) is 13.0 Å². The second kappa shape index (κ2) is 5.43. The Morgan fingerprint density at radius 1 is 1.41 bits per heavy atom. The molecular weight excluding hydrogens is 212 g/mol. The molecule has 1 aliphatic heterocycles. The van der Waals surface area contributed by atoms with E-state index >= 15 is 0 Å². The monoisotopic (exact) mass is 232 g/mol. The maximum Gasteiger partial charge on any atom is 0.154 e. The normalized spacial score (nSPS) is 21.8. The fourth-order valence-corrected chi connectivity index (χ4v) is 2.62. The molecule has 0 aliphatic carbocycles. The Hall–Kier alpha value is -1.19. The standard InChI is InChI=1S/C14H20N2O/c1-2-16-9-5-8-13(17)14(16)12-7-4-3-6-11(12)10-15/h3-4,6-7,14H,2,5,8-10,15H2,1H3. The highest BCUT2D eigenvalue weighted by atomic mass is 16.1. The molecule has 1 atom stereocenters. The van der Waals surface area contributed by atoms with Crippen LogP contribution in [0.15, 0.2) is 24.3 Å². The SMILES string of the molecule is CCN1CCCC(=O)C1c1ccccc1CN. The highest BCUT2D eigenvalue weighted by molar-refractivity contribution is 5.86. The number of Topliss-reactive ketones (excluding diaryl/α,β-unsaturated/α-hetero) is 1. The summed E-state index contributed by atoms with van der Waals surface area (Å²) < 4.78 is 0. The Bertz CT molecular complexity index is 403. The molecule has 1 saturated heterocycles. The zero-order valence-electron chi connectivity index (χ0n) is 10.4. The van der Waals surface area contributed by atoms with Crippen LogP contribution in [0.2, 0.25) is 0 Å². The molecule has 0 bridgehead atoms. The third kappa shape index (κ3) is 2.40. The molecule has 92 valence electrons. The van der Waals surface area contributed by atoms with Gasteiger partial charge in [0.25, 0.3) is 0 Å². The molecule has 0 amide bonds. The fourth-order valence-electron chi connectivity index (χ4n) is 2.62. The fraction of sp³-hybridized carbons (Fsp3) is 0.500. The summed E-state index contributed by atoms with van der Waals surface area (Å²) >= 11 is 0. The van der Waals surface area contributed by atoms with Crippen LogP contribution in [0.4, 0.5) is 0 Å². The van der Waals surface area contributed by atoms with Crippen LogP contribution in [0.5, 0.6) is 0 Å². The van der Waals surface area contributed by atoms with Crippen LogP contribution in [0.1, 0.15) is 36.9 Å². The van der Waals surface area contributed by atoms with Crippen molar-refractivity contribution in [2.24, 2.45) is 5.73 Å². The number of hydrogen-bond donors (Lipinski definition) is 1. The van der Waals surface area contributed by atoms with Crippen LogP contribution in [0, 0.1) is 0 Å². The summed E-state index contributed by atoms with van der Waals surface area (Å²) in [4.78, 5) is 14.4. The van der Waals surface area contributed by atoms with Crippen molar-refractivity contribution in [2.75, 3.05) is 13.1 Å². The van der Waals surface area contributed by atoms with Crippen molar-refractivity contribution in [3.8, 4) is 0 Å². The molecule has 3 nitrogen and oxygen atoms in total. The van der Waals surface area contributed by atoms with Gasteiger partial charge in [-0.05, 0) is 30.6 Å². The van der Waals surface area contributed by atoms with Gasteiger partial charge in [-0.1, -0.05) is 31.2 Å². The maximum absolute atomic E-state index is 12.1. The van der Waals surface area contributed by atoms with Gasteiger partial charge in [-0.2, -0.15) is 0 Å². The van der Waals surface area contributed by atoms with Gasteiger partial charge in [-0.15, -0.1) is 0 Å². The van der Waals surface area contributed by atoms with Crippen molar-refractivity contribution in [2.45, 2.75) is 32.4 Å². The van der Waals surface area contributed by atoms with Gasteiger partial charge >= 0.3 is 0 Å². The molecule has 3 heteroatoms. The summed E-state index contributed by atoms with van der Waals surface area (Å²) in [5.41, 5.74) is 7.95. The van der Waals surface area contributed by atoms with E-state index in [9.17, 15) is 4.79 Å². The Morgan fingerprint density at radius 3 is 2.88 bits per heavy atom. The lowest BCUT2D eigenvalue weighted by Crippen LogP contribution is -2.39. The summed E-state index contributed by atoms with van der Waals surface area (Å²) in [6.07, 6.45) is 1.67. The van der Waals surface area contributed by atoms with Gasteiger partial charge in [0.2, 0.25) is 0 Å². The minimum atomic E-state index is -0.0755. The van der Waals surface area contributed by atoms with Crippen LogP contribution >= 0.6 is 0 Å². The van der Waals surface area contributed by atoms with Crippen molar-refractivity contribution in [1.82, 2.24) is 4.90 Å². The first-order valence-corrected chi connectivity index (χ1v) is 6.32. The van der Waals surface area contributed by atoms with Gasteiger partial charge in [0.1, 0.15) is 0 Å². The second-order valence-electron chi connectivity index (χ2n) is 4.50. The van der Waals surface area contributed by atoms with E-state index in [1.807, 2.05) is 24.3 Å². The number of ketones is 1. The van der Waals surface area contributed by atoms with Crippen LogP contribution in [0.25, 0.3) is 0 Å². The summed E-state index contributed by atoms with van der Waals surface area (Å²) in [5.74, 6) is 0.332. The predicted molar refractivity (Wildman–Crippen MR) is 68.6 cm³/mol. The second-order valence-corrected chi connectivity index (χ2v) is 4.50. The van der Waals surface area contributed by atoms with Crippen molar-refractivity contribution >= 4 is 5.78 Å². The van der Waals surface area contributed by atoms with E-state index in [2.05, 4.69) is 11.8 Å². The predicted octanol–water partition coefficient (Wildman–Crippen LogP) is 1.87. The number of hydrogen-bond acceptors (Lipinski definition) is 3. The van der Waals surface area contributed by atoms with Crippen molar-refractivity contribution in [1.29, 1.82) is 0 Å². The van der Waals surface area contributed by atoms with Crippen LogP contribution < -0.4 is 5.73 Å². The van der Waals surface area contributed by atoms with E-state index in [0.717, 1.165) is 30.6 Å². The van der Waals surface area contributed by atoms with E-state index in [1.54, 1.807) is 0 Å². The van der Waals surface area contributed by atoms with E-state index in [4.69, 9.17) is 5.73 Å². The van der Waals surface area contributed by atoms with Gasteiger partial charge in [-0.3, -0.25) is 9.69 Å². The lowest BCUT2D eigenvalue weighted by molar-refractivity contribution is -0.127. The molecular formula is C14H20N2O. The Labute approximate surface area is 103 Å². The Morgan fingerprint density at radius 2 is 2.18 bits per heavy atom. The summed E-state index contributed by atoms with van der Waals surface area (Å²) in [6, 6.07) is 7.96. The van der Waals surface area contributed by atoms with Gasteiger partial charge in [0.05, 0.1) is 6.04 Å². The highest BCUT2D eigenvalue weighted by Gasteiger charge is 2.30. The highest BCUT2D eigenvalue weighted by Crippen LogP contribution is 2.29. The number of likely N-dealkylation sites (N-methyl/N-ethyl adjacent to an activating group) is 1. The number of nitrogens with two attached hydrogens (primary N) is 1. The number of likely N-dealkylation sites (tertiary alicyclic amines) is 1. The zero-order valence-corrected chi connectivity index (χ0v) is 10.4. The molecule has 1 aromatic rings. The molecule has 1 aromatic carbocycles. The molecule has 1 unspecified atom stereocenters. The van der Waals surface area contributed by atoms with Gasteiger partial charge in [0.15, 0.2) is 5.78 Å². The van der Waals surface area contributed by atoms with Crippen molar-refractivity contribution < 1.29 is 4.79 Å². The molecule has 0 aromatic heterocycles. The summed E-state index contributed by atoms with van der Waals surface area (Å²) in [6.45, 7) is 4.52. The van der Waals surface area contributed by atoms with Gasteiger partial charge < -0.3 is 5.73 Å². The average molecular weight is 232 g/mol. The molecule has 2 N–H and O–H groups in total. The number of carbonyl (C=O) groups is 1. The largest absolute Gasteiger partial charge is 0.326 e. The first-order chi connectivity index (χ1) is 8.27. The average Bonchev–Trinajstić information content (AvgIpc) is 2.38. The molecule has 2 rings (SSSR count). The molecule has 0 saturated carbocycles. The summed E-state index contributed by atoms with van der Waals surface area (Å²) in [5, 5.41) is 0. The molecule has 0 spiro atoms. The van der Waals surface area contributed by atoms with Crippen molar-refractivity contribution in [3.63, 3.8) is 0 Å². The number of carbonyl (C=O) groups excluding carboxylic acids is 1. The molecule has 1 fully saturated rings. The topological polar surface area (TPSA) is 46.3 Å². The zero-order chi connectivity index (χ0) is 12.3. The number of rotatable bonds is 3. The molecule has 1 heterocycles. The minimum Gasteiger partial charge on any atom is -0.326 e.